The molecule has 0 spiro atoms. The van der Waals surface area contributed by atoms with Crippen molar-refractivity contribution >= 4 is 28.8 Å². The number of anilines is 1. The van der Waals surface area contributed by atoms with E-state index >= 15 is 0 Å². The summed E-state index contributed by atoms with van der Waals surface area (Å²) in [6.45, 7) is 1.23. The second kappa shape index (κ2) is 6.84. The smallest absolute Gasteiger partial charge is 0.252 e. The number of nitrogens with one attached hydrogen (secondary N) is 2. The molecule has 7 nitrogen and oxygen atoms in total. The van der Waals surface area contributed by atoms with Crippen LogP contribution in [0.25, 0.3) is 11.0 Å². The lowest BCUT2D eigenvalue weighted by atomic mass is 10.00. The summed E-state index contributed by atoms with van der Waals surface area (Å²) in [5.74, 6) is 0.174. The number of hydrogen-bond acceptors (Lipinski definition) is 4. The van der Waals surface area contributed by atoms with E-state index in [4.69, 9.17) is 4.74 Å². The van der Waals surface area contributed by atoms with E-state index in [1.807, 2.05) is 24.3 Å². The monoisotopic (exact) mass is 342 g/mol. The van der Waals surface area contributed by atoms with E-state index in [0.29, 0.717) is 25.5 Å². The van der Waals surface area contributed by atoms with Gasteiger partial charge in [0.1, 0.15) is 12.1 Å². The second-order valence-electron chi connectivity index (χ2n) is 6.64. The Morgan fingerprint density at radius 2 is 2.08 bits per heavy atom. The van der Waals surface area contributed by atoms with Gasteiger partial charge in [0, 0.05) is 13.2 Å². The standard InChI is InChI=1S/C18H22N4O3/c23-16(21-18-19-12-6-1-2-7-13(12)20-18)14-8-3-4-10-22(14)17(24)15-9-5-11-25-15/h1-2,6-7,14-15H,3-5,8-11H2,(H2,19,20,21,23)/t14-,15+/m1/s1. The van der Waals surface area contributed by atoms with Gasteiger partial charge in [0.05, 0.1) is 11.0 Å². The van der Waals surface area contributed by atoms with Gasteiger partial charge in [0.15, 0.2) is 0 Å². The Hall–Kier alpha value is -2.41. The van der Waals surface area contributed by atoms with Gasteiger partial charge in [0.25, 0.3) is 5.91 Å². The maximum absolute atomic E-state index is 12.8. The third kappa shape index (κ3) is 3.24. The van der Waals surface area contributed by atoms with E-state index in [2.05, 4.69) is 15.3 Å². The molecule has 132 valence electrons. The number of rotatable bonds is 3. The molecule has 4 rings (SSSR count). The number of hydrogen-bond donors (Lipinski definition) is 2. The summed E-state index contributed by atoms with van der Waals surface area (Å²) in [7, 11) is 0. The number of piperidine rings is 1. The SMILES string of the molecule is O=C(Nc1nc2ccccc2[nH]1)[C@H]1CCCCN1C(=O)[C@@H]1CCCO1. The van der Waals surface area contributed by atoms with E-state index < -0.39 is 6.04 Å². The van der Waals surface area contributed by atoms with Gasteiger partial charge < -0.3 is 14.6 Å². The van der Waals surface area contributed by atoms with Gasteiger partial charge >= 0.3 is 0 Å². The van der Waals surface area contributed by atoms with Crippen molar-refractivity contribution in [2.24, 2.45) is 0 Å². The molecule has 1 aromatic heterocycles. The van der Waals surface area contributed by atoms with Crippen molar-refractivity contribution in [1.29, 1.82) is 0 Å². The summed E-state index contributed by atoms with van der Waals surface area (Å²) < 4.78 is 5.51. The number of likely N-dealkylation sites (tertiary alicyclic amines) is 1. The third-order valence-corrected chi connectivity index (χ3v) is 4.92. The fraction of sp³-hybridized carbons (Fsp3) is 0.500. The van der Waals surface area contributed by atoms with E-state index in [1.54, 1.807) is 4.90 Å². The molecule has 0 saturated carbocycles. The molecule has 2 aliphatic rings. The first-order chi connectivity index (χ1) is 12.2. The molecule has 2 saturated heterocycles. The molecule has 25 heavy (non-hydrogen) atoms. The summed E-state index contributed by atoms with van der Waals surface area (Å²) in [5.41, 5.74) is 1.67. The quantitative estimate of drug-likeness (QED) is 0.894. The first kappa shape index (κ1) is 16.1. The number of ether oxygens (including phenoxy) is 1. The summed E-state index contributed by atoms with van der Waals surface area (Å²) in [6, 6.07) is 7.15. The summed E-state index contributed by atoms with van der Waals surface area (Å²) in [5, 5.41) is 2.84. The van der Waals surface area contributed by atoms with Crippen molar-refractivity contribution in [1.82, 2.24) is 14.9 Å². The van der Waals surface area contributed by atoms with Crippen LogP contribution >= 0.6 is 0 Å². The van der Waals surface area contributed by atoms with Crippen LogP contribution in [0.4, 0.5) is 5.95 Å². The Labute approximate surface area is 145 Å². The van der Waals surface area contributed by atoms with Crippen molar-refractivity contribution in [3.05, 3.63) is 24.3 Å². The Bertz CT molecular complexity index is 748. The van der Waals surface area contributed by atoms with Crippen LogP contribution in [0.2, 0.25) is 0 Å². The first-order valence-electron chi connectivity index (χ1n) is 8.90. The van der Waals surface area contributed by atoms with E-state index in [9.17, 15) is 9.59 Å². The Kier molecular flexibility index (Phi) is 4.40. The highest BCUT2D eigenvalue weighted by Crippen LogP contribution is 2.23. The lowest BCUT2D eigenvalue weighted by Crippen LogP contribution is -2.53. The zero-order valence-electron chi connectivity index (χ0n) is 14.0. The van der Waals surface area contributed by atoms with Crippen molar-refractivity contribution < 1.29 is 14.3 Å². The number of para-hydroxylation sites is 2. The van der Waals surface area contributed by atoms with Crippen LogP contribution in [0.5, 0.6) is 0 Å². The number of nitrogens with zero attached hydrogens (tertiary/aromatic N) is 2. The molecule has 0 aliphatic carbocycles. The van der Waals surface area contributed by atoms with Gasteiger partial charge in [-0.15, -0.1) is 0 Å². The fourth-order valence-electron chi connectivity index (χ4n) is 3.64. The second-order valence-corrected chi connectivity index (χ2v) is 6.64. The van der Waals surface area contributed by atoms with Crippen LogP contribution in [0, 0.1) is 0 Å². The van der Waals surface area contributed by atoms with E-state index in [0.717, 1.165) is 36.7 Å². The third-order valence-electron chi connectivity index (χ3n) is 4.92. The van der Waals surface area contributed by atoms with Gasteiger partial charge in [-0.3, -0.25) is 14.9 Å². The average Bonchev–Trinajstić information content (AvgIpc) is 3.30. The average molecular weight is 342 g/mol. The summed E-state index contributed by atoms with van der Waals surface area (Å²) in [6.07, 6.45) is 3.79. The number of imidazole rings is 1. The predicted molar refractivity (Wildman–Crippen MR) is 93.0 cm³/mol. The van der Waals surface area contributed by atoms with Crippen LogP contribution in [-0.4, -0.2) is 52.0 Å². The molecular formula is C18H22N4O3. The van der Waals surface area contributed by atoms with Crippen LogP contribution in [0.1, 0.15) is 32.1 Å². The highest BCUT2D eigenvalue weighted by molar-refractivity contribution is 5.97. The minimum absolute atomic E-state index is 0.0537. The number of benzene rings is 1. The Balaban J connectivity index is 1.49. The molecule has 2 fully saturated rings. The van der Waals surface area contributed by atoms with Crippen molar-refractivity contribution in [3.63, 3.8) is 0 Å². The van der Waals surface area contributed by atoms with E-state index in [-0.39, 0.29) is 17.9 Å². The summed E-state index contributed by atoms with van der Waals surface area (Å²) in [4.78, 5) is 34.6. The van der Waals surface area contributed by atoms with Crippen molar-refractivity contribution in [2.45, 2.75) is 44.2 Å². The lowest BCUT2D eigenvalue weighted by Gasteiger charge is -2.35. The van der Waals surface area contributed by atoms with Gasteiger partial charge in [-0.25, -0.2) is 4.98 Å². The van der Waals surface area contributed by atoms with Crippen LogP contribution in [0.3, 0.4) is 0 Å². The molecule has 1 aromatic carbocycles. The summed E-state index contributed by atoms with van der Waals surface area (Å²) >= 11 is 0. The number of aromatic nitrogens is 2. The highest BCUT2D eigenvalue weighted by Gasteiger charge is 2.37. The topological polar surface area (TPSA) is 87.3 Å². The number of H-pyrrole nitrogens is 1. The maximum atomic E-state index is 12.8. The Morgan fingerprint density at radius 1 is 1.20 bits per heavy atom. The van der Waals surface area contributed by atoms with Crippen LogP contribution in [-0.2, 0) is 14.3 Å². The number of carbonyl (C=O) groups excluding carboxylic acids is 2. The highest BCUT2D eigenvalue weighted by atomic mass is 16.5. The molecule has 7 heteroatoms. The van der Waals surface area contributed by atoms with E-state index in [1.165, 1.54) is 0 Å². The fourth-order valence-corrected chi connectivity index (χ4v) is 3.64. The molecule has 2 aromatic rings. The Morgan fingerprint density at radius 3 is 2.88 bits per heavy atom. The maximum Gasteiger partial charge on any atom is 0.252 e. The zero-order valence-corrected chi connectivity index (χ0v) is 14.0. The molecule has 0 radical (unpaired) electrons. The molecule has 2 atom stereocenters. The molecule has 2 N–H and O–H groups in total. The number of carbonyl (C=O) groups is 2. The van der Waals surface area contributed by atoms with Crippen LogP contribution < -0.4 is 5.32 Å². The van der Waals surface area contributed by atoms with Gasteiger partial charge in [-0.1, -0.05) is 12.1 Å². The molecule has 0 bridgehead atoms. The minimum atomic E-state index is -0.460. The number of amides is 2. The van der Waals surface area contributed by atoms with Gasteiger partial charge in [-0.2, -0.15) is 0 Å². The largest absolute Gasteiger partial charge is 0.368 e. The van der Waals surface area contributed by atoms with Crippen molar-refractivity contribution in [3.8, 4) is 0 Å². The normalized spacial score (nSPS) is 23.8. The molecular weight excluding hydrogens is 320 g/mol. The van der Waals surface area contributed by atoms with Crippen LogP contribution in [0.15, 0.2) is 24.3 Å². The molecule has 3 heterocycles. The molecule has 0 unspecified atom stereocenters. The predicted octanol–water partition coefficient (Wildman–Crippen LogP) is 2.06. The van der Waals surface area contributed by atoms with Crippen molar-refractivity contribution in [2.75, 3.05) is 18.5 Å². The zero-order chi connectivity index (χ0) is 17.2. The minimum Gasteiger partial charge on any atom is -0.368 e. The van der Waals surface area contributed by atoms with Gasteiger partial charge in [0.2, 0.25) is 11.9 Å². The molecule has 2 amide bonds. The first-order valence-corrected chi connectivity index (χ1v) is 8.90. The van der Waals surface area contributed by atoms with Gasteiger partial charge in [-0.05, 0) is 44.2 Å². The molecule has 2 aliphatic heterocycles. The number of aromatic amines is 1. The lowest BCUT2D eigenvalue weighted by molar-refractivity contribution is -0.148. The number of fused-ring (bicyclic) bond motifs is 1.